The Kier molecular flexibility index (Phi) is 49.1. The predicted octanol–water partition coefficient (Wildman–Crippen LogP) is 17.3. The van der Waals surface area contributed by atoms with Crippen LogP contribution in [0.4, 0.5) is 0 Å². The molecule has 0 saturated heterocycles. The molecule has 0 rings (SSSR count). The number of ether oxygens (including phenoxy) is 3. The van der Waals surface area contributed by atoms with Crippen LogP contribution in [0.25, 0.3) is 0 Å². The second kappa shape index (κ2) is 52.4. The highest BCUT2D eigenvalue weighted by Crippen LogP contribution is 2.14. The topological polar surface area (TPSA) is 78.9 Å². The Balaban J connectivity index is 4.53. The first kappa shape index (κ1) is 60.8. The van der Waals surface area contributed by atoms with Crippen molar-refractivity contribution in [1.82, 2.24) is 0 Å². The molecule has 1 unspecified atom stereocenters. The fourth-order valence-corrected chi connectivity index (χ4v) is 6.72. The number of unbranched alkanes of at least 4 members (excludes halogenated alkanes) is 18. The summed E-state index contributed by atoms with van der Waals surface area (Å²) in [5.41, 5.74) is 0. The summed E-state index contributed by atoms with van der Waals surface area (Å²) in [5, 5.41) is 0. The van der Waals surface area contributed by atoms with Gasteiger partial charge in [-0.1, -0.05) is 232 Å². The standard InChI is InChI=1S/C59H94O6/c1-4-7-10-13-16-19-22-25-27-28-29-30-32-34-37-40-43-46-49-52-58(61)64-55-56(54-63-57(60)51-48-45-42-39-36-33-24-21-18-15-12-9-6-3)65-59(62)53-50-47-44-41-38-35-31-26-23-20-17-14-11-8-5-2/h7-8,10-11,14,16-17,19-20,23,25-27,29-31,34-35,37-38,56H,4-6,9,12-13,15,18,21-22,24,28,32-33,36,39-55H2,1-3H3/b10-7-,11-8-,17-14-,19-16-,23-20-,27-25-,30-29-,31-26-,37-34-,38-35-. The number of esters is 3. The summed E-state index contributed by atoms with van der Waals surface area (Å²) >= 11 is 0. The van der Waals surface area contributed by atoms with Crippen LogP contribution in [0, 0.1) is 0 Å². The molecule has 0 bridgehead atoms. The molecule has 1 atom stereocenters. The lowest BCUT2D eigenvalue weighted by atomic mass is 10.0. The van der Waals surface area contributed by atoms with Gasteiger partial charge in [-0.25, -0.2) is 0 Å². The highest BCUT2D eigenvalue weighted by Gasteiger charge is 2.19. The zero-order chi connectivity index (χ0) is 47.2. The van der Waals surface area contributed by atoms with Gasteiger partial charge < -0.3 is 14.2 Å². The molecule has 0 aliphatic carbocycles. The Labute approximate surface area is 399 Å². The molecule has 366 valence electrons. The molecule has 0 radical (unpaired) electrons. The van der Waals surface area contributed by atoms with Gasteiger partial charge in [-0.2, -0.15) is 0 Å². The molecule has 65 heavy (non-hydrogen) atoms. The molecule has 6 heteroatoms. The van der Waals surface area contributed by atoms with Gasteiger partial charge >= 0.3 is 17.9 Å². The van der Waals surface area contributed by atoms with Crippen LogP contribution in [0.15, 0.2) is 122 Å². The van der Waals surface area contributed by atoms with Crippen LogP contribution in [0.3, 0.4) is 0 Å². The second-order valence-corrected chi connectivity index (χ2v) is 16.8. The molecule has 0 N–H and O–H groups in total. The van der Waals surface area contributed by atoms with E-state index in [4.69, 9.17) is 14.2 Å². The summed E-state index contributed by atoms with van der Waals surface area (Å²) in [6.45, 7) is 6.30. The largest absolute Gasteiger partial charge is 0.462 e. The number of hydrogen-bond donors (Lipinski definition) is 0. The van der Waals surface area contributed by atoms with Gasteiger partial charge in [0.2, 0.25) is 0 Å². The third-order valence-electron chi connectivity index (χ3n) is 10.6. The molecular weight excluding hydrogens is 805 g/mol. The number of carbonyl (C=O) groups excluding carboxylic acids is 3. The van der Waals surface area contributed by atoms with E-state index in [0.29, 0.717) is 19.3 Å². The Morgan fingerprint density at radius 3 is 1.12 bits per heavy atom. The van der Waals surface area contributed by atoms with Crippen molar-refractivity contribution in [2.45, 2.75) is 219 Å². The molecule has 0 aromatic carbocycles. The van der Waals surface area contributed by atoms with E-state index >= 15 is 0 Å². The van der Waals surface area contributed by atoms with Crippen LogP contribution in [0.2, 0.25) is 0 Å². The van der Waals surface area contributed by atoms with Gasteiger partial charge in [-0.05, 0) is 83.5 Å². The lowest BCUT2D eigenvalue weighted by Gasteiger charge is -2.18. The smallest absolute Gasteiger partial charge is 0.306 e. The molecule has 0 fully saturated rings. The molecule has 0 spiro atoms. The molecule has 0 aromatic heterocycles. The van der Waals surface area contributed by atoms with Crippen molar-refractivity contribution in [3.05, 3.63) is 122 Å². The molecule has 0 heterocycles. The highest BCUT2D eigenvalue weighted by molar-refractivity contribution is 5.71. The van der Waals surface area contributed by atoms with Crippen LogP contribution in [0.5, 0.6) is 0 Å². The number of rotatable bonds is 45. The third-order valence-corrected chi connectivity index (χ3v) is 10.6. The minimum atomic E-state index is -0.815. The van der Waals surface area contributed by atoms with E-state index in [1.807, 2.05) is 48.6 Å². The monoisotopic (exact) mass is 899 g/mol. The van der Waals surface area contributed by atoms with Crippen LogP contribution in [0.1, 0.15) is 213 Å². The van der Waals surface area contributed by atoms with Crippen LogP contribution in [-0.4, -0.2) is 37.2 Å². The Morgan fingerprint density at radius 2 is 0.677 bits per heavy atom. The molecule has 0 aliphatic rings. The first-order valence-electron chi connectivity index (χ1n) is 26.1. The van der Waals surface area contributed by atoms with E-state index in [9.17, 15) is 14.4 Å². The molecule has 0 aromatic rings. The Hall–Kier alpha value is -4.19. The van der Waals surface area contributed by atoms with E-state index in [2.05, 4.69) is 93.7 Å². The van der Waals surface area contributed by atoms with Crippen molar-refractivity contribution in [3.63, 3.8) is 0 Å². The zero-order valence-electron chi connectivity index (χ0n) is 41.7. The summed E-state index contributed by atoms with van der Waals surface area (Å²) in [5.74, 6) is -0.989. The molecule has 0 saturated carbocycles. The lowest BCUT2D eigenvalue weighted by Crippen LogP contribution is -2.30. The Bertz CT molecular complexity index is 1400. The minimum Gasteiger partial charge on any atom is -0.462 e. The molecule has 0 amide bonds. The van der Waals surface area contributed by atoms with Gasteiger partial charge in [-0.15, -0.1) is 0 Å². The average molecular weight is 899 g/mol. The van der Waals surface area contributed by atoms with Crippen LogP contribution < -0.4 is 0 Å². The molecular formula is C59H94O6. The van der Waals surface area contributed by atoms with Crippen molar-refractivity contribution in [2.24, 2.45) is 0 Å². The van der Waals surface area contributed by atoms with E-state index in [1.54, 1.807) is 0 Å². The summed E-state index contributed by atoms with van der Waals surface area (Å²) in [7, 11) is 0. The summed E-state index contributed by atoms with van der Waals surface area (Å²) in [4.78, 5) is 38.0. The summed E-state index contributed by atoms with van der Waals surface area (Å²) < 4.78 is 16.7. The fraction of sp³-hybridized carbons (Fsp3) is 0.610. The van der Waals surface area contributed by atoms with Gasteiger partial charge in [0.25, 0.3) is 0 Å². The van der Waals surface area contributed by atoms with Crippen molar-refractivity contribution >= 4 is 17.9 Å². The van der Waals surface area contributed by atoms with Crippen molar-refractivity contribution in [2.75, 3.05) is 13.2 Å². The van der Waals surface area contributed by atoms with Gasteiger partial charge in [0.15, 0.2) is 6.10 Å². The van der Waals surface area contributed by atoms with Crippen LogP contribution in [-0.2, 0) is 28.6 Å². The van der Waals surface area contributed by atoms with E-state index in [0.717, 1.165) is 103 Å². The fourth-order valence-electron chi connectivity index (χ4n) is 6.72. The minimum absolute atomic E-state index is 0.108. The van der Waals surface area contributed by atoms with Gasteiger partial charge in [0.1, 0.15) is 13.2 Å². The maximum atomic E-state index is 12.8. The van der Waals surface area contributed by atoms with Gasteiger partial charge in [0.05, 0.1) is 0 Å². The first-order valence-corrected chi connectivity index (χ1v) is 26.1. The van der Waals surface area contributed by atoms with Crippen LogP contribution >= 0.6 is 0 Å². The quantitative estimate of drug-likeness (QED) is 0.0199. The average Bonchev–Trinajstić information content (AvgIpc) is 3.30. The highest BCUT2D eigenvalue weighted by atomic mass is 16.6. The van der Waals surface area contributed by atoms with Crippen molar-refractivity contribution < 1.29 is 28.6 Å². The van der Waals surface area contributed by atoms with E-state index in [-0.39, 0.29) is 37.5 Å². The van der Waals surface area contributed by atoms with Gasteiger partial charge in [0, 0.05) is 19.3 Å². The molecule has 0 aliphatic heterocycles. The zero-order valence-corrected chi connectivity index (χ0v) is 41.7. The number of hydrogen-bond acceptors (Lipinski definition) is 6. The van der Waals surface area contributed by atoms with E-state index < -0.39 is 6.10 Å². The molecule has 6 nitrogen and oxygen atoms in total. The van der Waals surface area contributed by atoms with Crippen molar-refractivity contribution in [3.8, 4) is 0 Å². The predicted molar refractivity (Wildman–Crippen MR) is 279 cm³/mol. The summed E-state index contributed by atoms with van der Waals surface area (Å²) in [6, 6.07) is 0. The SMILES string of the molecule is CC\C=C/C=C\C=C/C=C\C=C/CCCCCC(=O)OC(COC(=O)CCCCC/C=C\C/C=C\C/C=C\C/C=C\C/C=C\CC)COC(=O)CCCCCCCCCCCCCCC. The number of carbonyl (C=O) groups is 3. The third kappa shape index (κ3) is 50.7. The Morgan fingerprint density at radius 1 is 0.338 bits per heavy atom. The number of allylic oxidation sites excluding steroid dienone is 20. The normalized spacial score (nSPS) is 13.1. The summed E-state index contributed by atoms with van der Waals surface area (Å²) in [6.07, 6.45) is 71.8. The van der Waals surface area contributed by atoms with Crippen molar-refractivity contribution in [1.29, 1.82) is 0 Å². The maximum absolute atomic E-state index is 12.8. The maximum Gasteiger partial charge on any atom is 0.306 e. The second-order valence-electron chi connectivity index (χ2n) is 16.8. The first-order chi connectivity index (χ1) is 32.0. The van der Waals surface area contributed by atoms with Gasteiger partial charge in [-0.3, -0.25) is 14.4 Å². The van der Waals surface area contributed by atoms with E-state index in [1.165, 1.54) is 64.2 Å². The lowest BCUT2D eigenvalue weighted by molar-refractivity contribution is -0.167.